The first kappa shape index (κ1) is 14.1. The van der Waals surface area contributed by atoms with E-state index in [0.29, 0.717) is 22.1 Å². The molecule has 0 aliphatic carbocycles. The SMILES string of the molecule is Clc1ccc(-n2ncc3c2ncn2nc(-c4ccncc4)nc32)cc1. The van der Waals surface area contributed by atoms with Crippen molar-refractivity contribution >= 4 is 28.3 Å². The van der Waals surface area contributed by atoms with Gasteiger partial charge >= 0.3 is 0 Å². The van der Waals surface area contributed by atoms with Crippen LogP contribution in [0.2, 0.25) is 5.02 Å². The van der Waals surface area contributed by atoms with Gasteiger partial charge in [-0.05, 0) is 36.4 Å². The zero-order valence-corrected chi connectivity index (χ0v) is 13.5. The summed E-state index contributed by atoms with van der Waals surface area (Å²) in [6.45, 7) is 0. The molecule has 0 atom stereocenters. The Morgan fingerprint density at radius 1 is 0.920 bits per heavy atom. The van der Waals surface area contributed by atoms with Crippen molar-refractivity contribution in [2.45, 2.75) is 0 Å². The van der Waals surface area contributed by atoms with E-state index in [4.69, 9.17) is 11.6 Å². The van der Waals surface area contributed by atoms with E-state index >= 15 is 0 Å². The van der Waals surface area contributed by atoms with Gasteiger partial charge in [-0.3, -0.25) is 4.98 Å². The first-order valence-electron chi connectivity index (χ1n) is 7.55. The summed E-state index contributed by atoms with van der Waals surface area (Å²) in [6, 6.07) is 11.2. The van der Waals surface area contributed by atoms with Crippen LogP contribution in [0.15, 0.2) is 61.3 Å². The third-order valence-corrected chi connectivity index (χ3v) is 4.17. The van der Waals surface area contributed by atoms with Gasteiger partial charge in [-0.25, -0.2) is 19.2 Å². The zero-order chi connectivity index (χ0) is 16.8. The van der Waals surface area contributed by atoms with Gasteiger partial charge < -0.3 is 0 Å². The first-order chi connectivity index (χ1) is 12.3. The van der Waals surface area contributed by atoms with Gasteiger partial charge in [-0.2, -0.15) is 5.10 Å². The van der Waals surface area contributed by atoms with E-state index < -0.39 is 0 Å². The molecule has 0 saturated heterocycles. The van der Waals surface area contributed by atoms with Crippen LogP contribution < -0.4 is 0 Å². The van der Waals surface area contributed by atoms with Crippen LogP contribution in [0.5, 0.6) is 0 Å². The number of aromatic nitrogens is 7. The molecule has 4 aromatic heterocycles. The molecule has 5 rings (SSSR count). The number of hydrogen-bond donors (Lipinski definition) is 0. The molecule has 0 saturated carbocycles. The molecule has 0 fully saturated rings. The number of hydrogen-bond acceptors (Lipinski definition) is 5. The Kier molecular flexibility index (Phi) is 3.01. The molecule has 0 radical (unpaired) electrons. The smallest absolute Gasteiger partial charge is 0.182 e. The number of nitrogens with zero attached hydrogens (tertiary/aromatic N) is 7. The molecule has 0 amide bonds. The van der Waals surface area contributed by atoms with Crippen molar-refractivity contribution in [3.63, 3.8) is 0 Å². The first-order valence-corrected chi connectivity index (χ1v) is 7.93. The van der Waals surface area contributed by atoms with Gasteiger partial charge in [0.05, 0.1) is 17.3 Å². The molecule has 0 unspecified atom stereocenters. The predicted octanol–water partition coefficient (Wildman–Crippen LogP) is 3.18. The number of benzene rings is 1. The number of halogens is 1. The quantitative estimate of drug-likeness (QED) is 0.490. The predicted molar refractivity (Wildman–Crippen MR) is 93.7 cm³/mol. The van der Waals surface area contributed by atoms with E-state index in [9.17, 15) is 0 Å². The Labute approximate surface area is 146 Å². The van der Waals surface area contributed by atoms with Crippen LogP contribution in [-0.2, 0) is 0 Å². The van der Waals surface area contributed by atoms with Crippen LogP contribution in [0.25, 0.3) is 33.8 Å². The van der Waals surface area contributed by atoms with E-state index in [-0.39, 0.29) is 0 Å². The molecule has 1 aromatic carbocycles. The minimum absolute atomic E-state index is 0.621. The number of pyridine rings is 1. The van der Waals surface area contributed by atoms with E-state index in [1.54, 1.807) is 34.1 Å². The van der Waals surface area contributed by atoms with Crippen molar-refractivity contribution in [3.8, 4) is 17.1 Å². The van der Waals surface area contributed by atoms with Gasteiger partial charge in [0.1, 0.15) is 6.33 Å². The van der Waals surface area contributed by atoms with Crippen LogP contribution in [-0.4, -0.2) is 34.3 Å². The standard InChI is InChI=1S/C17H10ClN7/c18-12-1-3-13(4-2-12)25-16-14(9-21-25)17-22-15(23-24(17)10-20-16)11-5-7-19-8-6-11/h1-10H. The maximum Gasteiger partial charge on any atom is 0.182 e. The van der Waals surface area contributed by atoms with Gasteiger partial charge in [-0.15, -0.1) is 5.10 Å². The molecule has 0 aliphatic heterocycles. The average molecular weight is 348 g/mol. The van der Waals surface area contributed by atoms with Crippen LogP contribution in [0.1, 0.15) is 0 Å². The molecule has 25 heavy (non-hydrogen) atoms. The highest BCUT2D eigenvalue weighted by molar-refractivity contribution is 6.30. The van der Waals surface area contributed by atoms with Gasteiger partial charge in [0.15, 0.2) is 17.1 Å². The van der Waals surface area contributed by atoms with E-state index in [1.807, 2.05) is 36.4 Å². The Morgan fingerprint density at radius 3 is 2.52 bits per heavy atom. The lowest BCUT2D eigenvalue weighted by Gasteiger charge is -2.02. The zero-order valence-electron chi connectivity index (χ0n) is 12.8. The topological polar surface area (TPSA) is 73.8 Å². The normalized spacial score (nSPS) is 11.4. The van der Waals surface area contributed by atoms with Gasteiger partial charge in [0.25, 0.3) is 0 Å². The van der Waals surface area contributed by atoms with E-state index in [2.05, 4.69) is 25.1 Å². The Morgan fingerprint density at radius 2 is 1.72 bits per heavy atom. The molecule has 7 nitrogen and oxygen atoms in total. The van der Waals surface area contributed by atoms with Gasteiger partial charge in [-0.1, -0.05) is 11.6 Å². The largest absolute Gasteiger partial charge is 0.265 e. The monoisotopic (exact) mass is 347 g/mol. The molecule has 0 bridgehead atoms. The molecular weight excluding hydrogens is 338 g/mol. The molecule has 8 heteroatoms. The minimum atomic E-state index is 0.621. The lowest BCUT2D eigenvalue weighted by molar-refractivity contribution is 0.882. The van der Waals surface area contributed by atoms with Gasteiger partial charge in [0.2, 0.25) is 0 Å². The van der Waals surface area contributed by atoms with Crippen molar-refractivity contribution in [1.29, 1.82) is 0 Å². The summed E-state index contributed by atoms with van der Waals surface area (Å²) in [4.78, 5) is 13.2. The fourth-order valence-corrected chi connectivity index (χ4v) is 2.84. The van der Waals surface area contributed by atoms with Crippen molar-refractivity contribution in [1.82, 2.24) is 34.3 Å². The summed E-state index contributed by atoms with van der Waals surface area (Å²) in [7, 11) is 0. The Hall–Kier alpha value is -3.32. The van der Waals surface area contributed by atoms with Crippen LogP contribution in [0.3, 0.4) is 0 Å². The molecular formula is C17H10ClN7. The summed E-state index contributed by atoms with van der Waals surface area (Å²) < 4.78 is 3.42. The number of rotatable bonds is 2. The lowest BCUT2D eigenvalue weighted by Crippen LogP contribution is -1.98. The van der Waals surface area contributed by atoms with E-state index in [1.165, 1.54) is 0 Å². The second-order valence-electron chi connectivity index (χ2n) is 5.45. The van der Waals surface area contributed by atoms with Crippen molar-refractivity contribution in [2.75, 3.05) is 0 Å². The van der Waals surface area contributed by atoms with Crippen molar-refractivity contribution in [2.24, 2.45) is 0 Å². The third-order valence-electron chi connectivity index (χ3n) is 3.92. The van der Waals surface area contributed by atoms with Gasteiger partial charge in [0, 0.05) is 23.0 Å². The van der Waals surface area contributed by atoms with Crippen molar-refractivity contribution in [3.05, 3.63) is 66.3 Å². The van der Waals surface area contributed by atoms with Crippen LogP contribution >= 0.6 is 11.6 Å². The molecule has 4 heterocycles. The highest BCUT2D eigenvalue weighted by Gasteiger charge is 2.14. The highest BCUT2D eigenvalue weighted by Crippen LogP contribution is 2.23. The Balaban J connectivity index is 1.71. The molecule has 0 aliphatic rings. The summed E-state index contributed by atoms with van der Waals surface area (Å²) in [6.07, 6.45) is 6.82. The third kappa shape index (κ3) is 2.25. The number of fused-ring (bicyclic) bond motifs is 3. The maximum absolute atomic E-state index is 5.96. The minimum Gasteiger partial charge on any atom is -0.265 e. The molecule has 0 N–H and O–H groups in total. The summed E-state index contributed by atoms with van der Waals surface area (Å²) in [5.41, 5.74) is 3.20. The van der Waals surface area contributed by atoms with E-state index in [0.717, 1.165) is 16.6 Å². The summed E-state index contributed by atoms with van der Waals surface area (Å²) >= 11 is 5.96. The second-order valence-corrected chi connectivity index (χ2v) is 5.89. The fraction of sp³-hybridized carbons (Fsp3) is 0. The second kappa shape index (κ2) is 5.35. The van der Waals surface area contributed by atoms with Crippen LogP contribution in [0.4, 0.5) is 0 Å². The highest BCUT2D eigenvalue weighted by atomic mass is 35.5. The maximum atomic E-state index is 5.96. The molecule has 120 valence electrons. The summed E-state index contributed by atoms with van der Waals surface area (Å²) in [5.74, 6) is 0.621. The summed E-state index contributed by atoms with van der Waals surface area (Å²) in [5, 5.41) is 10.4. The average Bonchev–Trinajstić information content (AvgIpc) is 3.27. The van der Waals surface area contributed by atoms with Crippen LogP contribution in [0, 0.1) is 0 Å². The molecule has 5 aromatic rings. The lowest BCUT2D eigenvalue weighted by atomic mass is 10.2. The molecule has 0 spiro atoms. The fourth-order valence-electron chi connectivity index (χ4n) is 2.72. The Bertz CT molecular complexity index is 1190. The van der Waals surface area contributed by atoms with Crippen molar-refractivity contribution < 1.29 is 0 Å².